The fraction of sp³-hybridized carbons (Fsp3) is 0.143. The Labute approximate surface area is 127 Å². The number of hydrogen-bond donors (Lipinski definition) is 2. The second kappa shape index (κ2) is 4.83. The van der Waals surface area contributed by atoms with Crippen LogP contribution in [0.1, 0.15) is 10.4 Å². The Morgan fingerprint density at radius 3 is 2.39 bits per heavy atom. The minimum absolute atomic E-state index is 0.225. The first-order valence-corrected chi connectivity index (χ1v) is 6.56. The van der Waals surface area contributed by atoms with E-state index in [4.69, 9.17) is 5.11 Å². The zero-order chi connectivity index (χ0) is 16.9. The minimum atomic E-state index is -1.44. The maximum Gasteiger partial charge on any atom is 0.342 e. The van der Waals surface area contributed by atoms with Gasteiger partial charge >= 0.3 is 17.3 Å². The highest BCUT2D eigenvalue weighted by Crippen LogP contribution is 2.16. The Bertz CT molecular complexity index is 1130. The summed E-state index contributed by atoms with van der Waals surface area (Å²) in [7, 11) is 3.21. The molecule has 0 spiro atoms. The van der Waals surface area contributed by atoms with E-state index in [-0.39, 0.29) is 5.69 Å². The molecule has 3 aromatic rings. The lowest BCUT2D eigenvalue weighted by atomic mass is 10.2. The van der Waals surface area contributed by atoms with Gasteiger partial charge in [-0.05, 0) is 18.2 Å². The van der Waals surface area contributed by atoms with Gasteiger partial charge in [0.2, 0.25) is 0 Å². The van der Waals surface area contributed by atoms with E-state index in [0.717, 1.165) is 10.8 Å². The molecule has 0 amide bonds. The molecule has 0 atom stereocenters. The van der Waals surface area contributed by atoms with Gasteiger partial charge in [0.15, 0.2) is 0 Å². The van der Waals surface area contributed by atoms with Crippen LogP contribution in [0.25, 0.3) is 16.7 Å². The number of carboxylic acids is 1. The van der Waals surface area contributed by atoms with Gasteiger partial charge in [-0.3, -0.25) is 23.5 Å². The zero-order valence-corrected chi connectivity index (χ0v) is 12.2. The van der Waals surface area contributed by atoms with E-state index in [9.17, 15) is 19.2 Å². The molecular formula is C14H12N4O5. The predicted octanol–water partition coefficient (Wildman–Crippen LogP) is -0.586. The van der Waals surface area contributed by atoms with Crippen LogP contribution < -0.4 is 16.9 Å². The molecule has 9 heteroatoms. The van der Waals surface area contributed by atoms with Crippen molar-refractivity contribution in [1.82, 2.24) is 18.7 Å². The topological polar surface area (TPSA) is 119 Å². The molecule has 2 heterocycles. The van der Waals surface area contributed by atoms with Gasteiger partial charge in [-0.15, -0.1) is 0 Å². The molecule has 0 saturated carbocycles. The number of aryl methyl sites for hydroxylation is 2. The second-order valence-electron chi connectivity index (χ2n) is 5.05. The van der Waals surface area contributed by atoms with E-state index in [1.54, 1.807) is 32.3 Å². The molecule has 3 rings (SSSR count). The van der Waals surface area contributed by atoms with Crippen molar-refractivity contribution in [3.05, 3.63) is 61.3 Å². The van der Waals surface area contributed by atoms with Gasteiger partial charge in [0.1, 0.15) is 5.56 Å². The number of nitrogens with one attached hydrogen (secondary N) is 1. The predicted molar refractivity (Wildman–Crippen MR) is 81.3 cm³/mol. The molecule has 1 aromatic carbocycles. The van der Waals surface area contributed by atoms with Gasteiger partial charge in [0.05, 0.1) is 16.7 Å². The standard InChI is InChI=1S/C14H12N4O5/c1-16-9-4-3-7(5-10(9)17(2)14(16)23)18-6-8(12(20)21)11(19)15-13(18)22/h3-6H,1-2H3,(H,20,21)(H,15,19,22). The van der Waals surface area contributed by atoms with Crippen LogP contribution in [-0.2, 0) is 14.1 Å². The van der Waals surface area contributed by atoms with Crippen LogP contribution in [-0.4, -0.2) is 29.8 Å². The third-order valence-corrected chi connectivity index (χ3v) is 3.71. The van der Waals surface area contributed by atoms with Crippen molar-refractivity contribution < 1.29 is 9.90 Å². The van der Waals surface area contributed by atoms with E-state index < -0.39 is 22.8 Å². The van der Waals surface area contributed by atoms with E-state index >= 15 is 0 Å². The summed E-state index contributed by atoms with van der Waals surface area (Å²) in [6, 6.07) is 4.78. The fourth-order valence-corrected chi connectivity index (χ4v) is 2.46. The van der Waals surface area contributed by atoms with Crippen molar-refractivity contribution in [2.75, 3.05) is 0 Å². The minimum Gasteiger partial charge on any atom is -0.477 e. The van der Waals surface area contributed by atoms with E-state index in [1.807, 2.05) is 4.98 Å². The Morgan fingerprint density at radius 2 is 1.74 bits per heavy atom. The number of carboxylic acid groups (broad SMARTS) is 1. The highest BCUT2D eigenvalue weighted by Gasteiger charge is 2.14. The molecule has 0 fully saturated rings. The lowest BCUT2D eigenvalue weighted by Crippen LogP contribution is -2.32. The Morgan fingerprint density at radius 1 is 1.09 bits per heavy atom. The van der Waals surface area contributed by atoms with Crippen molar-refractivity contribution in [3.8, 4) is 5.69 Å². The molecule has 0 aliphatic rings. The van der Waals surface area contributed by atoms with Crippen LogP contribution in [0, 0.1) is 0 Å². The summed E-state index contributed by atoms with van der Waals surface area (Å²) < 4.78 is 3.88. The SMILES string of the molecule is Cn1c(=O)n(C)c2cc(-n3cc(C(=O)O)c(=O)[nH]c3=O)ccc21. The third kappa shape index (κ3) is 2.09. The van der Waals surface area contributed by atoms with Crippen molar-refractivity contribution in [1.29, 1.82) is 0 Å². The number of aromatic carboxylic acids is 1. The normalized spacial score (nSPS) is 11.0. The molecule has 0 unspecified atom stereocenters. The highest BCUT2D eigenvalue weighted by molar-refractivity contribution is 5.86. The summed E-state index contributed by atoms with van der Waals surface area (Å²) in [6.07, 6.45) is 0.964. The first kappa shape index (κ1) is 14.6. The van der Waals surface area contributed by atoms with Crippen LogP contribution in [0.5, 0.6) is 0 Å². The summed E-state index contributed by atoms with van der Waals surface area (Å²) >= 11 is 0. The van der Waals surface area contributed by atoms with Gasteiger partial charge < -0.3 is 5.11 Å². The molecule has 0 bridgehead atoms. The van der Waals surface area contributed by atoms with Crippen LogP contribution >= 0.6 is 0 Å². The number of nitrogens with zero attached hydrogens (tertiary/aromatic N) is 3. The van der Waals surface area contributed by atoms with Crippen molar-refractivity contribution in [2.45, 2.75) is 0 Å². The van der Waals surface area contributed by atoms with Crippen LogP contribution in [0.3, 0.4) is 0 Å². The lowest BCUT2D eigenvalue weighted by molar-refractivity contribution is 0.0694. The molecule has 118 valence electrons. The number of imidazole rings is 1. The first-order valence-electron chi connectivity index (χ1n) is 6.56. The van der Waals surface area contributed by atoms with E-state index in [1.165, 1.54) is 9.13 Å². The van der Waals surface area contributed by atoms with Crippen molar-refractivity contribution in [3.63, 3.8) is 0 Å². The molecule has 2 aromatic heterocycles. The smallest absolute Gasteiger partial charge is 0.342 e. The summed E-state index contributed by atoms with van der Waals surface area (Å²) in [5.74, 6) is -1.44. The average molecular weight is 316 g/mol. The first-order chi connectivity index (χ1) is 10.8. The van der Waals surface area contributed by atoms with Crippen LogP contribution in [0.2, 0.25) is 0 Å². The van der Waals surface area contributed by atoms with E-state index in [0.29, 0.717) is 16.7 Å². The van der Waals surface area contributed by atoms with Crippen molar-refractivity contribution in [2.24, 2.45) is 14.1 Å². The lowest BCUT2D eigenvalue weighted by Gasteiger charge is -2.07. The monoisotopic (exact) mass is 316 g/mol. The summed E-state index contributed by atoms with van der Waals surface area (Å²) in [6.45, 7) is 0. The third-order valence-electron chi connectivity index (χ3n) is 3.71. The Hall–Kier alpha value is -3.36. The molecule has 9 nitrogen and oxygen atoms in total. The molecule has 0 radical (unpaired) electrons. The maximum absolute atomic E-state index is 11.9. The number of rotatable bonds is 2. The second-order valence-corrected chi connectivity index (χ2v) is 5.05. The molecule has 2 N–H and O–H groups in total. The quantitative estimate of drug-likeness (QED) is 0.655. The largest absolute Gasteiger partial charge is 0.477 e. The molecule has 23 heavy (non-hydrogen) atoms. The summed E-state index contributed by atoms with van der Waals surface area (Å²) in [5.41, 5.74) is -0.930. The number of carbonyl (C=O) groups is 1. The van der Waals surface area contributed by atoms with Crippen molar-refractivity contribution >= 4 is 17.0 Å². The van der Waals surface area contributed by atoms with Gasteiger partial charge in [-0.2, -0.15) is 0 Å². The van der Waals surface area contributed by atoms with Gasteiger partial charge in [0, 0.05) is 20.3 Å². The number of aromatic amines is 1. The zero-order valence-electron chi connectivity index (χ0n) is 12.2. The Kier molecular flexibility index (Phi) is 3.06. The molecule has 0 saturated heterocycles. The summed E-state index contributed by atoms with van der Waals surface area (Å²) in [4.78, 5) is 48.4. The van der Waals surface area contributed by atoms with Gasteiger partial charge in [-0.1, -0.05) is 0 Å². The number of H-pyrrole nitrogens is 1. The Balaban J connectivity index is 2.33. The number of aromatic nitrogens is 4. The molecular weight excluding hydrogens is 304 g/mol. The number of hydrogen-bond acceptors (Lipinski definition) is 4. The number of benzene rings is 1. The van der Waals surface area contributed by atoms with Gasteiger partial charge in [-0.25, -0.2) is 14.4 Å². The molecule has 0 aliphatic heterocycles. The van der Waals surface area contributed by atoms with E-state index in [2.05, 4.69) is 0 Å². The highest BCUT2D eigenvalue weighted by atomic mass is 16.4. The maximum atomic E-state index is 11.9. The van der Waals surface area contributed by atoms with Crippen LogP contribution in [0.4, 0.5) is 0 Å². The molecule has 0 aliphatic carbocycles. The van der Waals surface area contributed by atoms with Crippen LogP contribution in [0.15, 0.2) is 38.8 Å². The number of fused-ring (bicyclic) bond motifs is 1. The fourth-order valence-electron chi connectivity index (χ4n) is 2.46. The average Bonchev–Trinajstić information content (AvgIpc) is 2.71. The summed E-state index contributed by atoms with van der Waals surface area (Å²) in [5, 5.41) is 9.00. The van der Waals surface area contributed by atoms with Gasteiger partial charge in [0.25, 0.3) is 5.56 Å².